The Bertz CT molecular complexity index is 976. The fraction of sp³-hybridized carbons (Fsp3) is 0.353. The molecule has 6 nitrogen and oxygen atoms in total. The highest BCUT2D eigenvalue weighted by molar-refractivity contribution is 9.11. The second-order valence-corrected chi connectivity index (χ2v) is 7.83. The molecular weight excluding hydrogens is 456 g/mol. The Morgan fingerprint density at radius 2 is 1.92 bits per heavy atom. The van der Waals surface area contributed by atoms with Crippen molar-refractivity contribution in [3.63, 3.8) is 0 Å². The molecule has 1 aromatic heterocycles. The molecule has 132 valence electrons. The van der Waals surface area contributed by atoms with Gasteiger partial charge in [-0.15, -0.1) is 0 Å². The molecule has 0 bridgehead atoms. The first-order valence-corrected chi connectivity index (χ1v) is 9.45. The van der Waals surface area contributed by atoms with Gasteiger partial charge in [-0.2, -0.15) is 0 Å². The maximum Gasteiger partial charge on any atom is 0.339 e. The summed E-state index contributed by atoms with van der Waals surface area (Å²) in [6.45, 7) is 3.50. The Kier molecular flexibility index (Phi) is 5.02. The molecule has 0 atom stereocenters. The number of carbonyl (C=O) groups excluding carboxylic acids is 1. The first-order valence-electron chi connectivity index (χ1n) is 7.87. The molecule has 1 aliphatic carbocycles. The van der Waals surface area contributed by atoms with Crippen LogP contribution >= 0.6 is 31.9 Å². The van der Waals surface area contributed by atoms with Crippen molar-refractivity contribution in [2.45, 2.75) is 39.2 Å². The molecule has 1 aliphatic rings. The highest BCUT2D eigenvalue weighted by Gasteiger charge is 2.22. The fourth-order valence-electron chi connectivity index (χ4n) is 2.89. The SMILES string of the molecule is CC(C)OC(=O)c1cc(-n2c(=O)[nH]c3c(c2=O)CCC3)c(Br)cc1Br. The molecule has 3 rings (SSSR count). The lowest BCUT2D eigenvalue weighted by Crippen LogP contribution is -2.36. The quantitative estimate of drug-likeness (QED) is 0.697. The highest BCUT2D eigenvalue weighted by atomic mass is 79.9. The number of carbonyl (C=O) groups is 1. The Hall–Kier alpha value is -1.67. The van der Waals surface area contributed by atoms with Gasteiger partial charge >= 0.3 is 11.7 Å². The Morgan fingerprint density at radius 3 is 2.60 bits per heavy atom. The predicted molar refractivity (Wildman–Crippen MR) is 101 cm³/mol. The Labute approximate surface area is 160 Å². The Balaban J connectivity index is 2.21. The number of hydrogen-bond donors (Lipinski definition) is 1. The second kappa shape index (κ2) is 6.92. The number of H-pyrrole nitrogens is 1. The van der Waals surface area contributed by atoms with Gasteiger partial charge in [-0.05, 0) is 77.1 Å². The van der Waals surface area contributed by atoms with Crippen LogP contribution in [0.15, 0.2) is 30.7 Å². The zero-order valence-corrected chi connectivity index (χ0v) is 16.9. The van der Waals surface area contributed by atoms with Crippen molar-refractivity contribution in [1.29, 1.82) is 0 Å². The lowest BCUT2D eigenvalue weighted by molar-refractivity contribution is 0.0376. The highest BCUT2D eigenvalue weighted by Crippen LogP contribution is 2.29. The lowest BCUT2D eigenvalue weighted by Gasteiger charge is -2.14. The third-order valence-corrected chi connectivity index (χ3v) is 5.27. The summed E-state index contributed by atoms with van der Waals surface area (Å²) in [6, 6.07) is 3.11. The molecule has 0 amide bonds. The minimum absolute atomic E-state index is 0.249. The van der Waals surface area contributed by atoms with E-state index in [0.717, 1.165) is 11.0 Å². The molecule has 1 aromatic carbocycles. The number of aromatic amines is 1. The summed E-state index contributed by atoms with van der Waals surface area (Å²) in [4.78, 5) is 40.3. The van der Waals surface area contributed by atoms with Crippen molar-refractivity contribution >= 4 is 37.8 Å². The van der Waals surface area contributed by atoms with Crippen LogP contribution in [0.2, 0.25) is 0 Å². The van der Waals surface area contributed by atoms with E-state index >= 15 is 0 Å². The van der Waals surface area contributed by atoms with E-state index < -0.39 is 11.7 Å². The van der Waals surface area contributed by atoms with Crippen LogP contribution in [0.25, 0.3) is 5.69 Å². The Morgan fingerprint density at radius 1 is 1.20 bits per heavy atom. The zero-order chi connectivity index (χ0) is 18.3. The number of halogens is 2. The summed E-state index contributed by atoms with van der Waals surface area (Å²) in [5.74, 6) is -0.527. The van der Waals surface area contributed by atoms with Crippen LogP contribution < -0.4 is 11.2 Å². The zero-order valence-electron chi connectivity index (χ0n) is 13.7. The molecule has 0 spiro atoms. The van der Waals surface area contributed by atoms with Crippen molar-refractivity contribution < 1.29 is 9.53 Å². The number of nitrogens with one attached hydrogen (secondary N) is 1. The van der Waals surface area contributed by atoms with Gasteiger partial charge in [0, 0.05) is 20.2 Å². The molecule has 2 aromatic rings. The number of nitrogens with zero attached hydrogens (tertiary/aromatic N) is 1. The number of esters is 1. The van der Waals surface area contributed by atoms with Crippen molar-refractivity contribution in [2.75, 3.05) is 0 Å². The summed E-state index contributed by atoms with van der Waals surface area (Å²) >= 11 is 6.70. The van der Waals surface area contributed by atoms with Gasteiger partial charge in [0.1, 0.15) is 0 Å². The number of aromatic nitrogens is 2. The van der Waals surface area contributed by atoms with Crippen LogP contribution in [0.4, 0.5) is 0 Å². The van der Waals surface area contributed by atoms with Gasteiger partial charge in [0.25, 0.3) is 5.56 Å². The molecule has 1 heterocycles. The van der Waals surface area contributed by atoms with Crippen LogP contribution in [0.3, 0.4) is 0 Å². The van der Waals surface area contributed by atoms with Gasteiger partial charge in [-0.3, -0.25) is 4.79 Å². The second-order valence-electron chi connectivity index (χ2n) is 6.12. The van der Waals surface area contributed by atoms with Crippen molar-refractivity contribution in [2.24, 2.45) is 0 Å². The van der Waals surface area contributed by atoms with E-state index in [4.69, 9.17) is 4.74 Å². The first kappa shape index (κ1) is 18.1. The molecule has 0 fully saturated rings. The number of hydrogen-bond acceptors (Lipinski definition) is 4. The van der Waals surface area contributed by atoms with Crippen molar-refractivity contribution in [3.8, 4) is 5.69 Å². The molecule has 25 heavy (non-hydrogen) atoms. The van der Waals surface area contributed by atoms with Crippen LogP contribution in [0.1, 0.15) is 41.9 Å². The van der Waals surface area contributed by atoms with E-state index in [0.29, 0.717) is 38.7 Å². The van der Waals surface area contributed by atoms with Gasteiger partial charge in [0.05, 0.1) is 17.4 Å². The number of rotatable bonds is 3. The van der Waals surface area contributed by atoms with Gasteiger partial charge < -0.3 is 9.72 Å². The summed E-state index contributed by atoms with van der Waals surface area (Å²) in [5.41, 5.74) is 1.03. The van der Waals surface area contributed by atoms with E-state index in [1.165, 1.54) is 6.07 Å². The third kappa shape index (κ3) is 3.37. The molecule has 0 radical (unpaired) electrons. The molecule has 0 aliphatic heterocycles. The van der Waals surface area contributed by atoms with Gasteiger partial charge in [0.15, 0.2) is 0 Å². The topological polar surface area (TPSA) is 81.2 Å². The molecule has 1 N–H and O–H groups in total. The lowest BCUT2D eigenvalue weighted by atomic mass is 10.2. The molecule has 8 heteroatoms. The van der Waals surface area contributed by atoms with E-state index in [-0.39, 0.29) is 17.2 Å². The molecular formula is C17H16Br2N2O4. The van der Waals surface area contributed by atoms with E-state index in [1.54, 1.807) is 19.9 Å². The normalized spacial score (nSPS) is 13.2. The number of aryl methyl sites for hydroxylation is 1. The summed E-state index contributed by atoms with van der Waals surface area (Å²) in [5, 5.41) is 0. The van der Waals surface area contributed by atoms with Crippen LogP contribution in [-0.2, 0) is 17.6 Å². The van der Waals surface area contributed by atoms with E-state index in [9.17, 15) is 14.4 Å². The molecule has 0 unspecified atom stereocenters. The maximum absolute atomic E-state index is 12.8. The smallest absolute Gasteiger partial charge is 0.339 e. The average molecular weight is 472 g/mol. The standard InChI is InChI=1S/C17H16Br2N2O4/c1-8(2)25-16(23)10-6-14(12(19)7-11(10)18)21-15(22)9-4-3-5-13(9)20-17(21)24/h6-8H,3-5H2,1-2H3,(H,20,24). The van der Waals surface area contributed by atoms with Crippen LogP contribution in [0, 0.1) is 0 Å². The average Bonchev–Trinajstić information content (AvgIpc) is 2.96. The van der Waals surface area contributed by atoms with Crippen molar-refractivity contribution in [3.05, 3.63) is 58.7 Å². The number of benzene rings is 1. The maximum atomic E-state index is 12.8. The third-order valence-electron chi connectivity index (χ3n) is 3.98. The van der Waals surface area contributed by atoms with E-state index in [1.807, 2.05) is 0 Å². The summed E-state index contributed by atoms with van der Waals surface area (Å²) in [6.07, 6.45) is 1.91. The largest absolute Gasteiger partial charge is 0.459 e. The van der Waals surface area contributed by atoms with Gasteiger partial charge in [0.2, 0.25) is 0 Å². The van der Waals surface area contributed by atoms with Crippen LogP contribution in [0.5, 0.6) is 0 Å². The molecule has 0 saturated carbocycles. The monoisotopic (exact) mass is 470 g/mol. The minimum Gasteiger partial charge on any atom is -0.459 e. The minimum atomic E-state index is -0.527. The van der Waals surface area contributed by atoms with Crippen LogP contribution in [-0.4, -0.2) is 21.6 Å². The number of fused-ring (bicyclic) bond motifs is 1. The predicted octanol–water partition coefficient (Wildman–Crippen LogP) is 3.10. The fourth-order valence-corrected chi connectivity index (χ4v) is 4.22. The van der Waals surface area contributed by atoms with Gasteiger partial charge in [-0.1, -0.05) is 0 Å². The summed E-state index contributed by atoms with van der Waals surface area (Å²) < 4.78 is 7.32. The first-order chi connectivity index (χ1) is 11.8. The van der Waals surface area contributed by atoms with Gasteiger partial charge in [-0.25, -0.2) is 14.2 Å². The summed E-state index contributed by atoms with van der Waals surface area (Å²) in [7, 11) is 0. The molecule has 0 saturated heterocycles. The van der Waals surface area contributed by atoms with Crippen molar-refractivity contribution in [1.82, 2.24) is 9.55 Å². The van der Waals surface area contributed by atoms with E-state index in [2.05, 4.69) is 36.8 Å². The number of ether oxygens (including phenoxy) is 1.